The van der Waals surface area contributed by atoms with E-state index >= 15 is 0 Å². The second-order valence-electron chi connectivity index (χ2n) is 4.93. The molecule has 0 saturated heterocycles. The summed E-state index contributed by atoms with van der Waals surface area (Å²) in [5.41, 5.74) is 7.54. The molecular formula is C13H22N4O2. The highest BCUT2D eigenvalue weighted by Gasteiger charge is 2.31. The van der Waals surface area contributed by atoms with Crippen molar-refractivity contribution in [2.75, 3.05) is 12.3 Å². The van der Waals surface area contributed by atoms with Gasteiger partial charge in [-0.05, 0) is 26.2 Å². The fourth-order valence-corrected chi connectivity index (χ4v) is 2.31. The van der Waals surface area contributed by atoms with Gasteiger partial charge in [0.05, 0.1) is 17.5 Å². The topological polar surface area (TPSA) is 93.0 Å². The van der Waals surface area contributed by atoms with Gasteiger partial charge in [-0.1, -0.05) is 13.3 Å². The lowest BCUT2D eigenvalue weighted by Crippen LogP contribution is -2.48. The Kier molecular flexibility index (Phi) is 4.42. The number of aryl methyl sites for hydroxylation is 1. The molecule has 0 spiro atoms. The number of ether oxygens (including phenoxy) is 1. The molecule has 0 bridgehead atoms. The van der Waals surface area contributed by atoms with Gasteiger partial charge in [-0.15, -0.1) is 0 Å². The average molecular weight is 266 g/mol. The number of nitrogen functional groups attached to an aromatic ring is 1. The number of aromatic nitrogens is 2. The van der Waals surface area contributed by atoms with E-state index in [1.54, 1.807) is 0 Å². The molecule has 106 valence electrons. The lowest BCUT2D eigenvalue weighted by molar-refractivity contribution is -0.00866. The van der Waals surface area contributed by atoms with E-state index in [1.807, 2.05) is 6.92 Å². The molecule has 19 heavy (non-hydrogen) atoms. The smallest absolute Gasteiger partial charge is 0.274 e. The standard InChI is InChI=1S/C13H22N4O2/c1-3-5-10-11(14)12(17-16-10)13(18)15-8-6-9(7-8)19-4-2/h8-9H,3-7,14H2,1-2H3,(H,15,18)(H,16,17). The average Bonchev–Trinajstić information content (AvgIpc) is 2.69. The number of nitrogens with one attached hydrogen (secondary N) is 2. The third kappa shape index (κ3) is 3.07. The largest absolute Gasteiger partial charge is 0.395 e. The molecule has 1 aliphatic carbocycles. The van der Waals surface area contributed by atoms with E-state index in [-0.39, 0.29) is 18.1 Å². The molecule has 6 heteroatoms. The van der Waals surface area contributed by atoms with Crippen LogP contribution in [0.4, 0.5) is 5.69 Å². The summed E-state index contributed by atoms with van der Waals surface area (Å²) in [5, 5.41) is 9.78. The number of aromatic amines is 1. The van der Waals surface area contributed by atoms with Gasteiger partial charge in [0, 0.05) is 12.6 Å². The third-order valence-corrected chi connectivity index (χ3v) is 3.43. The number of anilines is 1. The number of nitrogens with zero attached hydrogens (tertiary/aromatic N) is 1. The molecule has 1 fully saturated rings. The SMILES string of the molecule is CCCc1[nH]nc(C(=O)NC2CC(OCC)C2)c1N. The van der Waals surface area contributed by atoms with E-state index < -0.39 is 0 Å². The molecule has 0 unspecified atom stereocenters. The zero-order valence-corrected chi connectivity index (χ0v) is 11.5. The van der Waals surface area contributed by atoms with E-state index in [0.717, 1.165) is 38.0 Å². The van der Waals surface area contributed by atoms with Crippen molar-refractivity contribution in [3.8, 4) is 0 Å². The Morgan fingerprint density at radius 1 is 1.53 bits per heavy atom. The van der Waals surface area contributed by atoms with Crippen molar-refractivity contribution in [3.05, 3.63) is 11.4 Å². The Hall–Kier alpha value is -1.56. The van der Waals surface area contributed by atoms with Crippen LogP contribution in [-0.2, 0) is 11.2 Å². The Bertz CT molecular complexity index is 438. The first-order valence-electron chi connectivity index (χ1n) is 6.90. The first-order chi connectivity index (χ1) is 9.15. The highest BCUT2D eigenvalue weighted by molar-refractivity contribution is 5.97. The molecule has 2 rings (SSSR count). The third-order valence-electron chi connectivity index (χ3n) is 3.43. The first-order valence-corrected chi connectivity index (χ1v) is 6.90. The minimum absolute atomic E-state index is 0.176. The molecule has 4 N–H and O–H groups in total. The van der Waals surface area contributed by atoms with Gasteiger partial charge in [0.2, 0.25) is 0 Å². The van der Waals surface area contributed by atoms with Crippen molar-refractivity contribution in [1.29, 1.82) is 0 Å². The quantitative estimate of drug-likeness (QED) is 0.722. The molecule has 1 aliphatic rings. The number of carbonyl (C=O) groups excluding carboxylic acids is 1. The molecule has 1 aromatic rings. The molecule has 6 nitrogen and oxygen atoms in total. The molecular weight excluding hydrogens is 244 g/mol. The zero-order valence-electron chi connectivity index (χ0n) is 11.5. The maximum Gasteiger partial charge on any atom is 0.274 e. The summed E-state index contributed by atoms with van der Waals surface area (Å²) in [7, 11) is 0. The van der Waals surface area contributed by atoms with Crippen LogP contribution in [-0.4, -0.2) is 34.9 Å². The van der Waals surface area contributed by atoms with E-state index in [0.29, 0.717) is 11.4 Å². The summed E-state index contributed by atoms with van der Waals surface area (Å²) in [6.07, 6.45) is 3.79. The second-order valence-corrected chi connectivity index (χ2v) is 4.93. The van der Waals surface area contributed by atoms with Crippen LogP contribution < -0.4 is 11.1 Å². The molecule has 1 heterocycles. The van der Waals surface area contributed by atoms with Crippen molar-refractivity contribution in [2.45, 2.75) is 51.7 Å². The maximum atomic E-state index is 12.0. The van der Waals surface area contributed by atoms with Crippen molar-refractivity contribution in [2.24, 2.45) is 0 Å². The number of rotatable bonds is 6. The van der Waals surface area contributed by atoms with Gasteiger partial charge in [0.15, 0.2) is 5.69 Å². The fourth-order valence-electron chi connectivity index (χ4n) is 2.31. The van der Waals surface area contributed by atoms with E-state index in [2.05, 4.69) is 22.4 Å². The summed E-state index contributed by atoms with van der Waals surface area (Å²) in [4.78, 5) is 12.0. The maximum absolute atomic E-state index is 12.0. The molecule has 0 radical (unpaired) electrons. The van der Waals surface area contributed by atoms with Gasteiger partial charge < -0.3 is 15.8 Å². The Balaban J connectivity index is 1.87. The van der Waals surface area contributed by atoms with Gasteiger partial charge in [0.25, 0.3) is 5.91 Å². The second kappa shape index (κ2) is 6.06. The number of amides is 1. The zero-order chi connectivity index (χ0) is 13.8. The van der Waals surface area contributed by atoms with Crippen LogP contribution in [0, 0.1) is 0 Å². The molecule has 0 aromatic carbocycles. The van der Waals surface area contributed by atoms with Crippen molar-refractivity contribution in [1.82, 2.24) is 15.5 Å². The lowest BCUT2D eigenvalue weighted by Gasteiger charge is -2.35. The molecule has 0 aliphatic heterocycles. The van der Waals surface area contributed by atoms with Gasteiger partial charge in [-0.25, -0.2) is 0 Å². The molecule has 1 aromatic heterocycles. The summed E-state index contributed by atoms with van der Waals surface area (Å²) in [6.45, 7) is 4.76. The summed E-state index contributed by atoms with van der Waals surface area (Å²) < 4.78 is 5.46. The molecule has 1 saturated carbocycles. The summed E-state index contributed by atoms with van der Waals surface area (Å²) >= 11 is 0. The normalized spacial score (nSPS) is 22.0. The van der Waals surface area contributed by atoms with Crippen LogP contribution >= 0.6 is 0 Å². The van der Waals surface area contributed by atoms with Crippen molar-refractivity contribution in [3.63, 3.8) is 0 Å². The van der Waals surface area contributed by atoms with Gasteiger partial charge >= 0.3 is 0 Å². The summed E-state index contributed by atoms with van der Waals surface area (Å²) in [6, 6.07) is 0.176. The van der Waals surface area contributed by atoms with E-state index in [9.17, 15) is 4.79 Å². The highest BCUT2D eigenvalue weighted by Crippen LogP contribution is 2.24. The van der Waals surface area contributed by atoms with Crippen LogP contribution in [0.25, 0.3) is 0 Å². The Morgan fingerprint density at radius 2 is 2.26 bits per heavy atom. The van der Waals surface area contributed by atoms with Gasteiger partial charge in [-0.2, -0.15) is 5.10 Å². The monoisotopic (exact) mass is 266 g/mol. The number of H-pyrrole nitrogens is 1. The van der Waals surface area contributed by atoms with Crippen molar-refractivity contribution >= 4 is 11.6 Å². The van der Waals surface area contributed by atoms with Gasteiger partial charge in [-0.3, -0.25) is 9.89 Å². The van der Waals surface area contributed by atoms with Gasteiger partial charge in [0.1, 0.15) is 0 Å². The first kappa shape index (κ1) is 13.9. The minimum Gasteiger partial charge on any atom is -0.395 e. The predicted molar refractivity (Wildman–Crippen MR) is 72.9 cm³/mol. The van der Waals surface area contributed by atoms with Crippen LogP contribution in [0.15, 0.2) is 0 Å². The minimum atomic E-state index is -0.198. The Labute approximate surface area is 113 Å². The van der Waals surface area contributed by atoms with Crippen LogP contribution in [0.2, 0.25) is 0 Å². The fraction of sp³-hybridized carbons (Fsp3) is 0.692. The summed E-state index contributed by atoms with van der Waals surface area (Å²) in [5.74, 6) is -0.198. The number of hydrogen-bond donors (Lipinski definition) is 3. The highest BCUT2D eigenvalue weighted by atomic mass is 16.5. The predicted octanol–water partition coefficient (Wildman–Crippen LogP) is 1.24. The lowest BCUT2D eigenvalue weighted by atomic mass is 9.89. The number of nitrogens with two attached hydrogens (primary N) is 1. The number of hydrogen-bond acceptors (Lipinski definition) is 4. The number of carbonyl (C=O) groups is 1. The van der Waals surface area contributed by atoms with Crippen LogP contribution in [0.1, 0.15) is 49.3 Å². The van der Waals surface area contributed by atoms with E-state index in [1.165, 1.54) is 0 Å². The Morgan fingerprint density at radius 3 is 2.89 bits per heavy atom. The van der Waals surface area contributed by atoms with Crippen molar-refractivity contribution < 1.29 is 9.53 Å². The van der Waals surface area contributed by atoms with E-state index in [4.69, 9.17) is 10.5 Å². The molecule has 1 amide bonds. The van der Waals surface area contributed by atoms with Crippen LogP contribution in [0.3, 0.4) is 0 Å². The molecule has 0 atom stereocenters. The van der Waals surface area contributed by atoms with Crippen LogP contribution in [0.5, 0.6) is 0 Å².